The quantitative estimate of drug-likeness (QED) is 0.688. The fraction of sp³-hybridized carbons (Fsp3) is 0.0714. The first kappa shape index (κ1) is 13.0. The Balaban J connectivity index is 2.20. The number of nitriles is 1. The lowest BCUT2D eigenvalue weighted by Gasteiger charge is -2.00. The first-order valence-corrected chi connectivity index (χ1v) is 6.46. The molecule has 0 bridgehead atoms. The Labute approximate surface area is 115 Å². The normalized spacial score (nSPS) is 10.8. The van der Waals surface area contributed by atoms with Crippen LogP contribution in [0.3, 0.4) is 0 Å². The Morgan fingerprint density at radius 2 is 2.37 bits per heavy atom. The van der Waals surface area contributed by atoms with Gasteiger partial charge in [-0.15, -0.1) is 11.3 Å². The van der Waals surface area contributed by atoms with E-state index in [1.165, 1.54) is 11.3 Å². The Bertz CT molecular complexity index is 654. The molecule has 0 spiro atoms. The van der Waals surface area contributed by atoms with Crippen molar-refractivity contribution >= 4 is 28.5 Å². The molecule has 1 aromatic carbocycles. The maximum absolute atomic E-state index is 11.9. The van der Waals surface area contributed by atoms with Crippen molar-refractivity contribution in [2.24, 2.45) is 0 Å². The third kappa shape index (κ3) is 3.50. The Kier molecular flexibility index (Phi) is 4.06. The third-order valence-electron chi connectivity index (χ3n) is 2.37. The standard InChI is InChI=1S/C14H11N3OS/c1-10-3-2-4-11(7-10)8-12(9-15)13(18)17-14-16-5-6-19-14/h2-8H,1H3,(H,16,17,18)/b12-8+. The second kappa shape index (κ2) is 5.94. The van der Waals surface area contributed by atoms with Gasteiger partial charge in [0.2, 0.25) is 0 Å². The molecule has 1 aromatic heterocycles. The van der Waals surface area contributed by atoms with Gasteiger partial charge in [0.05, 0.1) is 0 Å². The molecule has 0 atom stereocenters. The van der Waals surface area contributed by atoms with Gasteiger partial charge in [0.15, 0.2) is 5.13 Å². The summed E-state index contributed by atoms with van der Waals surface area (Å²) in [6.07, 6.45) is 3.16. The average molecular weight is 269 g/mol. The molecule has 1 heterocycles. The second-order valence-corrected chi connectivity index (χ2v) is 4.77. The van der Waals surface area contributed by atoms with Gasteiger partial charge in [-0.05, 0) is 18.6 Å². The van der Waals surface area contributed by atoms with Crippen LogP contribution in [-0.2, 0) is 4.79 Å². The molecular weight excluding hydrogens is 258 g/mol. The van der Waals surface area contributed by atoms with Crippen LogP contribution in [0.2, 0.25) is 0 Å². The highest BCUT2D eigenvalue weighted by atomic mass is 32.1. The number of carbonyl (C=O) groups excluding carboxylic acids is 1. The van der Waals surface area contributed by atoms with E-state index < -0.39 is 5.91 Å². The van der Waals surface area contributed by atoms with E-state index in [4.69, 9.17) is 5.26 Å². The molecule has 0 aliphatic rings. The summed E-state index contributed by atoms with van der Waals surface area (Å²) in [7, 11) is 0. The second-order valence-electron chi connectivity index (χ2n) is 3.88. The molecule has 94 valence electrons. The molecule has 0 saturated heterocycles. The van der Waals surface area contributed by atoms with Crippen LogP contribution in [-0.4, -0.2) is 10.9 Å². The summed E-state index contributed by atoms with van der Waals surface area (Å²) in [6.45, 7) is 1.96. The highest BCUT2D eigenvalue weighted by Gasteiger charge is 2.10. The summed E-state index contributed by atoms with van der Waals surface area (Å²) in [6, 6.07) is 9.51. The van der Waals surface area contributed by atoms with E-state index in [1.54, 1.807) is 17.7 Å². The number of aryl methyl sites for hydroxylation is 1. The number of aromatic nitrogens is 1. The number of anilines is 1. The number of nitrogens with one attached hydrogen (secondary N) is 1. The maximum Gasteiger partial charge on any atom is 0.268 e. The minimum Gasteiger partial charge on any atom is -0.297 e. The van der Waals surface area contributed by atoms with Gasteiger partial charge in [-0.3, -0.25) is 10.1 Å². The van der Waals surface area contributed by atoms with Crippen molar-refractivity contribution in [1.82, 2.24) is 4.98 Å². The van der Waals surface area contributed by atoms with Crippen LogP contribution < -0.4 is 5.32 Å². The van der Waals surface area contributed by atoms with Crippen LogP contribution in [0.25, 0.3) is 6.08 Å². The van der Waals surface area contributed by atoms with Crippen molar-refractivity contribution in [3.05, 3.63) is 52.5 Å². The first-order chi connectivity index (χ1) is 9.19. The molecule has 0 aliphatic heterocycles. The highest BCUT2D eigenvalue weighted by molar-refractivity contribution is 7.13. The van der Waals surface area contributed by atoms with E-state index in [0.29, 0.717) is 5.13 Å². The zero-order valence-corrected chi connectivity index (χ0v) is 11.1. The summed E-state index contributed by atoms with van der Waals surface area (Å²) in [5.74, 6) is -0.445. The number of hydrogen-bond acceptors (Lipinski definition) is 4. The predicted molar refractivity (Wildman–Crippen MR) is 75.5 cm³/mol. The van der Waals surface area contributed by atoms with Gasteiger partial charge >= 0.3 is 0 Å². The number of hydrogen-bond donors (Lipinski definition) is 1. The fourth-order valence-electron chi connectivity index (χ4n) is 1.52. The van der Waals surface area contributed by atoms with Crippen LogP contribution >= 0.6 is 11.3 Å². The summed E-state index contributed by atoms with van der Waals surface area (Å²) >= 11 is 1.31. The third-order valence-corrected chi connectivity index (χ3v) is 3.06. The van der Waals surface area contributed by atoms with Crippen LogP contribution in [0.5, 0.6) is 0 Å². The Morgan fingerprint density at radius 3 is 3.00 bits per heavy atom. The summed E-state index contributed by atoms with van der Waals surface area (Å²) in [5, 5.41) is 13.9. The largest absolute Gasteiger partial charge is 0.297 e. The van der Waals surface area contributed by atoms with E-state index in [0.717, 1.165) is 11.1 Å². The molecule has 2 rings (SSSR count). The number of thiazole rings is 1. The molecule has 0 fully saturated rings. The van der Waals surface area contributed by atoms with Crippen molar-refractivity contribution in [3.63, 3.8) is 0 Å². The Hall–Kier alpha value is -2.45. The molecule has 0 radical (unpaired) electrons. The maximum atomic E-state index is 11.9. The molecule has 0 aliphatic carbocycles. The van der Waals surface area contributed by atoms with E-state index >= 15 is 0 Å². The van der Waals surface area contributed by atoms with Gasteiger partial charge in [-0.2, -0.15) is 5.26 Å². The van der Waals surface area contributed by atoms with Gasteiger partial charge in [-0.1, -0.05) is 29.8 Å². The average Bonchev–Trinajstić information content (AvgIpc) is 2.88. The van der Waals surface area contributed by atoms with Crippen LogP contribution in [0.15, 0.2) is 41.4 Å². The molecular formula is C14H11N3OS. The highest BCUT2D eigenvalue weighted by Crippen LogP contribution is 2.14. The van der Waals surface area contributed by atoms with Gasteiger partial charge in [0.25, 0.3) is 5.91 Å². The van der Waals surface area contributed by atoms with Crippen molar-refractivity contribution in [2.45, 2.75) is 6.92 Å². The number of amides is 1. The lowest BCUT2D eigenvalue weighted by atomic mass is 10.1. The summed E-state index contributed by atoms with van der Waals surface area (Å²) in [5.41, 5.74) is 1.96. The number of benzene rings is 1. The number of nitrogens with zero attached hydrogens (tertiary/aromatic N) is 2. The van der Waals surface area contributed by atoms with Crippen LogP contribution in [0.4, 0.5) is 5.13 Å². The Morgan fingerprint density at radius 1 is 1.53 bits per heavy atom. The minimum absolute atomic E-state index is 0.0563. The minimum atomic E-state index is -0.445. The fourth-order valence-corrected chi connectivity index (χ4v) is 2.05. The molecule has 4 nitrogen and oxygen atoms in total. The van der Waals surface area contributed by atoms with Gasteiger partial charge < -0.3 is 0 Å². The molecule has 2 aromatic rings. The number of carbonyl (C=O) groups is 1. The SMILES string of the molecule is Cc1cccc(/C=C(\C#N)C(=O)Nc2nccs2)c1. The smallest absolute Gasteiger partial charge is 0.268 e. The van der Waals surface area contributed by atoms with E-state index in [-0.39, 0.29) is 5.57 Å². The molecule has 1 N–H and O–H groups in total. The first-order valence-electron chi connectivity index (χ1n) is 5.58. The monoisotopic (exact) mass is 269 g/mol. The van der Waals surface area contributed by atoms with E-state index in [9.17, 15) is 4.79 Å². The zero-order valence-electron chi connectivity index (χ0n) is 10.3. The molecule has 19 heavy (non-hydrogen) atoms. The summed E-state index contributed by atoms with van der Waals surface area (Å²) < 4.78 is 0. The van der Waals surface area contributed by atoms with Gasteiger partial charge in [0.1, 0.15) is 11.6 Å². The van der Waals surface area contributed by atoms with Gasteiger partial charge in [-0.25, -0.2) is 4.98 Å². The zero-order chi connectivity index (χ0) is 13.7. The molecule has 0 unspecified atom stereocenters. The molecule has 5 heteroatoms. The lowest BCUT2D eigenvalue weighted by Crippen LogP contribution is -2.13. The topological polar surface area (TPSA) is 65.8 Å². The van der Waals surface area contributed by atoms with Crippen LogP contribution in [0.1, 0.15) is 11.1 Å². The van der Waals surface area contributed by atoms with Crippen molar-refractivity contribution < 1.29 is 4.79 Å². The lowest BCUT2D eigenvalue weighted by molar-refractivity contribution is -0.112. The molecule has 0 saturated carbocycles. The predicted octanol–water partition coefficient (Wildman–Crippen LogP) is 3.00. The van der Waals surface area contributed by atoms with E-state index in [1.807, 2.05) is 37.3 Å². The number of rotatable bonds is 3. The van der Waals surface area contributed by atoms with Crippen molar-refractivity contribution in [2.75, 3.05) is 5.32 Å². The van der Waals surface area contributed by atoms with Crippen molar-refractivity contribution in [1.29, 1.82) is 5.26 Å². The molecule has 1 amide bonds. The van der Waals surface area contributed by atoms with E-state index in [2.05, 4.69) is 10.3 Å². The van der Waals surface area contributed by atoms with Crippen molar-refractivity contribution in [3.8, 4) is 6.07 Å². The van der Waals surface area contributed by atoms with Gasteiger partial charge in [0, 0.05) is 11.6 Å². The van der Waals surface area contributed by atoms with Crippen LogP contribution in [0, 0.1) is 18.3 Å². The summed E-state index contributed by atoms with van der Waals surface area (Å²) in [4.78, 5) is 15.8.